The number of hydrogen-bond acceptors (Lipinski definition) is 5. The van der Waals surface area contributed by atoms with Crippen LogP contribution in [0.4, 0.5) is 0 Å². The molecule has 10 heteroatoms. The molecule has 1 aliphatic heterocycles. The lowest BCUT2D eigenvalue weighted by molar-refractivity contribution is -0.123. The Morgan fingerprint density at radius 1 is 1.03 bits per heavy atom. The largest absolute Gasteiger partial charge is 0.484 e. The van der Waals surface area contributed by atoms with Crippen LogP contribution in [0.5, 0.6) is 5.75 Å². The molecule has 2 aromatic rings. The number of carbonyl (C=O) groups is 2. The number of nitrogens with zero attached hydrogens (tertiary/aromatic N) is 1. The van der Waals surface area contributed by atoms with Crippen molar-refractivity contribution in [2.45, 2.75) is 17.7 Å². The summed E-state index contributed by atoms with van der Waals surface area (Å²) >= 11 is 5.83. The van der Waals surface area contributed by atoms with Crippen molar-refractivity contribution in [1.82, 2.24) is 15.2 Å². The Morgan fingerprint density at radius 3 is 2.38 bits per heavy atom. The summed E-state index contributed by atoms with van der Waals surface area (Å²) in [5, 5.41) is 0.478. The number of hydrogen-bond donors (Lipinski definition) is 2. The lowest BCUT2D eigenvalue weighted by Gasteiger charge is -2.15. The molecule has 0 atom stereocenters. The van der Waals surface area contributed by atoms with Crippen molar-refractivity contribution in [3.05, 3.63) is 59.1 Å². The number of rotatable bonds is 6. The van der Waals surface area contributed by atoms with Crippen LogP contribution < -0.4 is 15.6 Å². The summed E-state index contributed by atoms with van der Waals surface area (Å²) in [4.78, 5) is 24.1. The van der Waals surface area contributed by atoms with Gasteiger partial charge in [-0.1, -0.05) is 17.7 Å². The average molecular weight is 438 g/mol. The highest BCUT2D eigenvalue weighted by Crippen LogP contribution is 2.21. The van der Waals surface area contributed by atoms with E-state index >= 15 is 0 Å². The molecule has 29 heavy (non-hydrogen) atoms. The zero-order valence-electron chi connectivity index (χ0n) is 15.4. The molecule has 0 spiro atoms. The molecule has 0 saturated carbocycles. The number of hydrazine groups is 1. The molecule has 2 amide bonds. The van der Waals surface area contributed by atoms with Gasteiger partial charge in [0.2, 0.25) is 10.0 Å². The van der Waals surface area contributed by atoms with Crippen molar-refractivity contribution >= 4 is 33.4 Å². The van der Waals surface area contributed by atoms with E-state index in [0.29, 0.717) is 23.9 Å². The normalized spacial score (nSPS) is 14.4. The van der Waals surface area contributed by atoms with Crippen LogP contribution >= 0.6 is 11.6 Å². The molecule has 1 heterocycles. The minimum atomic E-state index is -3.54. The smallest absolute Gasteiger partial charge is 0.276 e. The fraction of sp³-hybridized carbons (Fsp3) is 0.263. The summed E-state index contributed by atoms with van der Waals surface area (Å²) in [6.07, 6.45) is 1.70. The molecular formula is C19H20ClN3O5S. The van der Waals surface area contributed by atoms with E-state index in [0.717, 1.165) is 12.8 Å². The van der Waals surface area contributed by atoms with Crippen LogP contribution in [-0.2, 0) is 14.8 Å². The summed E-state index contributed by atoms with van der Waals surface area (Å²) in [7, 11) is -3.54. The third kappa shape index (κ3) is 5.47. The van der Waals surface area contributed by atoms with Gasteiger partial charge in [0.15, 0.2) is 6.61 Å². The van der Waals surface area contributed by atoms with Gasteiger partial charge in [-0.25, -0.2) is 8.42 Å². The van der Waals surface area contributed by atoms with Gasteiger partial charge in [-0.2, -0.15) is 4.31 Å². The number of amides is 2. The van der Waals surface area contributed by atoms with Crippen LogP contribution in [-0.4, -0.2) is 44.2 Å². The minimum absolute atomic E-state index is 0.134. The molecule has 0 bridgehead atoms. The quantitative estimate of drug-likeness (QED) is 0.672. The van der Waals surface area contributed by atoms with Crippen molar-refractivity contribution < 1.29 is 22.7 Å². The molecule has 2 N–H and O–H groups in total. The van der Waals surface area contributed by atoms with Crippen LogP contribution in [0.1, 0.15) is 23.2 Å². The van der Waals surface area contributed by atoms with Gasteiger partial charge in [0, 0.05) is 23.7 Å². The number of sulfonamides is 1. The average Bonchev–Trinajstić information content (AvgIpc) is 3.26. The number of ether oxygens (including phenoxy) is 1. The molecular weight excluding hydrogens is 418 g/mol. The van der Waals surface area contributed by atoms with Crippen molar-refractivity contribution in [3.8, 4) is 5.75 Å². The number of carbonyl (C=O) groups excluding carboxylic acids is 2. The molecule has 0 radical (unpaired) electrons. The Morgan fingerprint density at radius 2 is 1.72 bits per heavy atom. The summed E-state index contributed by atoms with van der Waals surface area (Å²) in [5.41, 5.74) is 4.70. The fourth-order valence-electron chi connectivity index (χ4n) is 2.80. The monoisotopic (exact) mass is 437 g/mol. The molecule has 8 nitrogen and oxygen atoms in total. The first kappa shape index (κ1) is 21.1. The highest BCUT2D eigenvalue weighted by Gasteiger charge is 2.27. The minimum Gasteiger partial charge on any atom is -0.484 e. The van der Waals surface area contributed by atoms with Crippen LogP contribution in [0.25, 0.3) is 0 Å². The molecule has 3 rings (SSSR count). The standard InChI is InChI=1S/C19H20ClN3O5S/c20-15-4-3-5-16(12-15)28-13-18(24)21-22-19(25)14-6-8-17(9-7-14)29(26,27)23-10-1-2-11-23/h3-9,12H,1-2,10-11,13H2,(H,21,24)(H,22,25). The third-order valence-corrected chi connectivity index (χ3v) is 6.45. The van der Waals surface area contributed by atoms with Gasteiger partial charge in [-0.15, -0.1) is 0 Å². The first-order valence-electron chi connectivity index (χ1n) is 8.94. The topological polar surface area (TPSA) is 105 Å². The van der Waals surface area contributed by atoms with E-state index in [1.807, 2.05) is 0 Å². The van der Waals surface area contributed by atoms with E-state index in [9.17, 15) is 18.0 Å². The third-order valence-electron chi connectivity index (χ3n) is 4.30. The van der Waals surface area contributed by atoms with Gasteiger partial charge in [-0.05, 0) is 55.3 Å². The Kier molecular flexibility index (Phi) is 6.73. The zero-order valence-corrected chi connectivity index (χ0v) is 17.0. The van der Waals surface area contributed by atoms with Gasteiger partial charge in [0.1, 0.15) is 5.75 Å². The SMILES string of the molecule is O=C(COc1cccc(Cl)c1)NNC(=O)c1ccc(S(=O)(=O)N2CCCC2)cc1. The van der Waals surface area contributed by atoms with E-state index in [4.69, 9.17) is 16.3 Å². The summed E-state index contributed by atoms with van der Waals surface area (Å²) in [6.45, 7) is 0.704. The van der Waals surface area contributed by atoms with E-state index in [-0.39, 0.29) is 17.1 Å². The molecule has 0 aromatic heterocycles. The van der Waals surface area contributed by atoms with Gasteiger partial charge < -0.3 is 4.74 Å². The molecule has 1 saturated heterocycles. The van der Waals surface area contributed by atoms with Crippen LogP contribution in [0.2, 0.25) is 5.02 Å². The Labute approximate surface area is 173 Å². The maximum absolute atomic E-state index is 12.5. The van der Waals surface area contributed by atoms with E-state index in [2.05, 4.69) is 10.9 Å². The van der Waals surface area contributed by atoms with Crippen LogP contribution in [0.15, 0.2) is 53.4 Å². The van der Waals surface area contributed by atoms with Crippen molar-refractivity contribution in [2.75, 3.05) is 19.7 Å². The van der Waals surface area contributed by atoms with Crippen molar-refractivity contribution in [3.63, 3.8) is 0 Å². The molecule has 1 aliphatic rings. The summed E-state index contributed by atoms with van der Waals surface area (Å²) < 4.78 is 31.7. The number of halogens is 1. The predicted octanol–water partition coefficient (Wildman–Crippen LogP) is 1.96. The van der Waals surface area contributed by atoms with Gasteiger partial charge >= 0.3 is 0 Å². The maximum atomic E-state index is 12.5. The number of nitrogens with one attached hydrogen (secondary N) is 2. The molecule has 0 aliphatic carbocycles. The van der Waals surface area contributed by atoms with E-state index < -0.39 is 21.8 Å². The first-order chi connectivity index (χ1) is 13.9. The van der Waals surface area contributed by atoms with Crippen molar-refractivity contribution in [1.29, 1.82) is 0 Å². The molecule has 1 fully saturated rings. The fourth-order valence-corrected chi connectivity index (χ4v) is 4.49. The van der Waals surface area contributed by atoms with E-state index in [1.54, 1.807) is 24.3 Å². The van der Waals surface area contributed by atoms with Crippen LogP contribution in [0, 0.1) is 0 Å². The maximum Gasteiger partial charge on any atom is 0.276 e. The molecule has 2 aromatic carbocycles. The zero-order chi connectivity index (χ0) is 20.9. The van der Waals surface area contributed by atoms with E-state index in [1.165, 1.54) is 28.6 Å². The second-order valence-electron chi connectivity index (χ2n) is 6.38. The van der Waals surface area contributed by atoms with Gasteiger partial charge in [0.25, 0.3) is 11.8 Å². The summed E-state index contributed by atoms with van der Waals surface area (Å²) in [5.74, 6) is -0.716. The van der Waals surface area contributed by atoms with Crippen molar-refractivity contribution in [2.24, 2.45) is 0 Å². The lowest BCUT2D eigenvalue weighted by atomic mass is 10.2. The molecule has 154 valence electrons. The first-order valence-corrected chi connectivity index (χ1v) is 10.8. The van der Waals surface area contributed by atoms with Gasteiger partial charge in [0.05, 0.1) is 4.90 Å². The Balaban J connectivity index is 1.51. The van der Waals surface area contributed by atoms with Gasteiger partial charge in [-0.3, -0.25) is 20.4 Å². The Hall–Kier alpha value is -2.62. The summed E-state index contributed by atoms with van der Waals surface area (Å²) in [6, 6.07) is 12.1. The highest BCUT2D eigenvalue weighted by molar-refractivity contribution is 7.89. The molecule has 0 unspecified atom stereocenters. The van der Waals surface area contributed by atoms with Crippen LogP contribution in [0.3, 0.4) is 0 Å². The Bertz CT molecular complexity index is 989. The predicted molar refractivity (Wildman–Crippen MR) is 107 cm³/mol. The highest BCUT2D eigenvalue weighted by atomic mass is 35.5. The lowest BCUT2D eigenvalue weighted by Crippen LogP contribution is -2.43. The second-order valence-corrected chi connectivity index (χ2v) is 8.76. The number of benzene rings is 2. The second kappa shape index (κ2) is 9.25.